The van der Waals surface area contributed by atoms with Crippen molar-refractivity contribution in [3.63, 3.8) is 0 Å². The number of nitrogens with zero attached hydrogens (tertiary/aromatic N) is 2. The molecule has 1 heterocycles. The topological polar surface area (TPSA) is 49.8 Å². The van der Waals surface area contributed by atoms with Crippen LogP contribution in [0.1, 0.15) is 18.2 Å². The van der Waals surface area contributed by atoms with Crippen LogP contribution >= 0.6 is 0 Å². The Labute approximate surface area is 64.9 Å². The van der Waals surface area contributed by atoms with Gasteiger partial charge in [0.15, 0.2) is 0 Å². The van der Waals surface area contributed by atoms with E-state index in [0.29, 0.717) is 0 Å². The molecule has 1 aromatic heterocycles. The zero-order chi connectivity index (χ0) is 8.27. The predicted molar refractivity (Wildman–Crippen MR) is 40.5 cm³/mol. The molecule has 0 N–H and O–H groups in total. The van der Waals surface area contributed by atoms with Crippen LogP contribution in [0.5, 0.6) is 0 Å². The highest BCUT2D eigenvalue weighted by Gasteiger charge is 2.03. The summed E-state index contributed by atoms with van der Waals surface area (Å²) in [6.45, 7) is 3.72. The van der Waals surface area contributed by atoms with Crippen molar-refractivity contribution in [2.75, 3.05) is 0 Å². The number of allylic oxidation sites excluding steroid dienone is 2. The maximum Gasteiger partial charge on any atom is 0.127 e. The Morgan fingerprint density at radius 3 is 3.00 bits per heavy atom. The first kappa shape index (κ1) is 7.55. The Bertz CT molecular complexity index is 317. The molecule has 1 aromatic rings. The molecule has 56 valence electrons. The first-order valence-corrected chi connectivity index (χ1v) is 3.23. The van der Waals surface area contributed by atoms with Gasteiger partial charge in [-0.25, -0.2) is 0 Å². The normalized spacial score (nSPS) is 11.2. The van der Waals surface area contributed by atoms with Gasteiger partial charge in [0, 0.05) is 11.6 Å². The van der Waals surface area contributed by atoms with Crippen molar-refractivity contribution in [3.8, 4) is 6.07 Å². The molecule has 1 rings (SSSR count). The first-order valence-electron chi connectivity index (χ1n) is 3.23. The van der Waals surface area contributed by atoms with E-state index in [0.717, 1.165) is 16.8 Å². The van der Waals surface area contributed by atoms with Crippen molar-refractivity contribution in [1.82, 2.24) is 5.16 Å². The molecule has 0 aliphatic rings. The van der Waals surface area contributed by atoms with Crippen LogP contribution in [-0.4, -0.2) is 5.16 Å². The van der Waals surface area contributed by atoms with E-state index in [-0.39, 0.29) is 0 Å². The minimum atomic E-state index is 0.756. The second kappa shape index (κ2) is 3.02. The summed E-state index contributed by atoms with van der Waals surface area (Å²) in [6.07, 6.45) is 3.01. The van der Waals surface area contributed by atoms with Crippen molar-refractivity contribution in [2.45, 2.75) is 13.8 Å². The van der Waals surface area contributed by atoms with E-state index in [4.69, 9.17) is 9.78 Å². The van der Waals surface area contributed by atoms with Crippen molar-refractivity contribution in [3.05, 3.63) is 23.6 Å². The van der Waals surface area contributed by atoms with Gasteiger partial charge in [-0.05, 0) is 19.4 Å². The smallest absolute Gasteiger partial charge is 0.127 e. The molecule has 0 saturated carbocycles. The predicted octanol–water partition coefficient (Wildman–Crippen LogP) is 1.91. The molecule has 0 aromatic carbocycles. The zero-order valence-corrected chi connectivity index (χ0v) is 6.46. The number of nitriles is 1. The number of aromatic nitrogens is 1. The van der Waals surface area contributed by atoms with Crippen molar-refractivity contribution >= 4 is 5.57 Å². The Morgan fingerprint density at radius 1 is 1.82 bits per heavy atom. The van der Waals surface area contributed by atoms with Crippen LogP contribution in [0.15, 0.2) is 16.9 Å². The van der Waals surface area contributed by atoms with Gasteiger partial charge in [0.2, 0.25) is 0 Å². The molecule has 11 heavy (non-hydrogen) atoms. The van der Waals surface area contributed by atoms with E-state index >= 15 is 0 Å². The zero-order valence-electron chi connectivity index (χ0n) is 6.46. The van der Waals surface area contributed by atoms with Crippen molar-refractivity contribution in [2.24, 2.45) is 0 Å². The molecule has 3 heteroatoms. The third kappa shape index (κ3) is 1.47. The molecule has 3 nitrogen and oxygen atoms in total. The van der Waals surface area contributed by atoms with E-state index in [9.17, 15) is 0 Å². The highest BCUT2D eigenvalue weighted by atomic mass is 16.5. The minimum Gasteiger partial charge on any atom is -0.364 e. The lowest BCUT2D eigenvalue weighted by atomic mass is 10.1. The van der Waals surface area contributed by atoms with Gasteiger partial charge < -0.3 is 4.52 Å². The van der Waals surface area contributed by atoms with Crippen LogP contribution in [0.4, 0.5) is 0 Å². The maximum atomic E-state index is 8.34. The van der Waals surface area contributed by atoms with Gasteiger partial charge in [0.25, 0.3) is 0 Å². The van der Waals surface area contributed by atoms with E-state index in [1.165, 1.54) is 6.08 Å². The van der Waals surface area contributed by atoms with Gasteiger partial charge in [-0.1, -0.05) is 5.16 Å². The molecule has 0 bridgehead atoms. The molecular formula is C8H8N2O. The molecular weight excluding hydrogens is 140 g/mol. The summed E-state index contributed by atoms with van der Waals surface area (Å²) in [4.78, 5) is 0. The third-order valence-electron chi connectivity index (χ3n) is 1.40. The standard InChI is InChI=1S/C8H8N2O/c1-6(3-4-9)8-7(2)5-11-10-8/h3,5H,1-2H3/b6-3-. The van der Waals surface area contributed by atoms with Gasteiger partial charge in [-0.3, -0.25) is 0 Å². The quantitative estimate of drug-likeness (QED) is 0.571. The number of rotatable bonds is 1. The minimum absolute atomic E-state index is 0.756. The van der Waals surface area contributed by atoms with Gasteiger partial charge in [0.05, 0.1) is 6.07 Å². The van der Waals surface area contributed by atoms with Crippen LogP contribution in [0.25, 0.3) is 5.57 Å². The van der Waals surface area contributed by atoms with Crippen LogP contribution in [0.3, 0.4) is 0 Å². The molecule has 0 aliphatic heterocycles. The van der Waals surface area contributed by atoms with Gasteiger partial charge in [-0.2, -0.15) is 5.26 Å². The molecule has 0 amide bonds. The molecule has 0 fully saturated rings. The molecule has 0 unspecified atom stereocenters. The Hall–Kier alpha value is -1.56. The summed E-state index contributed by atoms with van der Waals surface area (Å²) < 4.78 is 4.71. The molecule has 0 radical (unpaired) electrons. The first-order chi connectivity index (χ1) is 5.25. The summed E-state index contributed by atoms with van der Waals surface area (Å²) in [7, 11) is 0. The Kier molecular flexibility index (Phi) is 2.07. The fraction of sp³-hybridized carbons (Fsp3) is 0.250. The molecule has 0 atom stereocenters. The van der Waals surface area contributed by atoms with E-state index in [2.05, 4.69) is 5.16 Å². The highest BCUT2D eigenvalue weighted by molar-refractivity contribution is 5.64. The van der Waals surface area contributed by atoms with E-state index in [1.807, 2.05) is 19.9 Å². The highest BCUT2D eigenvalue weighted by Crippen LogP contribution is 2.14. The lowest BCUT2D eigenvalue weighted by molar-refractivity contribution is 0.417. The van der Waals surface area contributed by atoms with Gasteiger partial charge in [0.1, 0.15) is 12.0 Å². The SMILES string of the molecule is C/C(=C/C#N)c1nocc1C. The maximum absolute atomic E-state index is 8.34. The lowest BCUT2D eigenvalue weighted by Gasteiger charge is -1.90. The number of aryl methyl sites for hydroxylation is 1. The summed E-state index contributed by atoms with van der Waals surface area (Å²) in [5.74, 6) is 0. The lowest BCUT2D eigenvalue weighted by Crippen LogP contribution is -1.81. The largest absolute Gasteiger partial charge is 0.364 e. The van der Waals surface area contributed by atoms with Crippen molar-refractivity contribution < 1.29 is 4.52 Å². The third-order valence-corrected chi connectivity index (χ3v) is 1.40. The Morgan fingerprint density at radius 2 is 2.55 bits per heavy atom. The van der Waals surface area contributed by atoms with Gasteiger partial charge >= 0.3 is 0 Å². The van der Waals surface area contributed by atoms with Gasteiger partial charge in [-0.15, -0.1) is 0 Å². The summed E-state index contributed by atoms with van der Waals surface area (Å²) >= 11 is 0. The fourth-order valence-electron chi connectivity index (χ4n) is 0.834. The Balaban J connectivity index is 3.04. The molecule has 0 spiro atoms. The number of hydrogen-bond donors (Lipinski definition) is 0. The summed E-state index contributed by atoms with van der Waals surface area (Å²) in [5.41, 5.74) is 2.54. The fourth-order valence-corrected chi connectivity index (χ4v) is 0.834. The second-order valence-electron chi connectivity index (χ2n) is 2.30. The summed E-state index contributed by atoms with van der Waals surface area (Å²) in [5, 5.41) is 12.1. The van der Waals surface area contributed by atoms with E-state index in [1.54, 1.807) is 6.26 Å². The molecule has 0 saturated heterocycles. The van der Waals surface area contributed by atoms with E-state index < -0.39 is 0 Å². The van der Waals surface area contributed by atoms with Crippen LogP contribution in [0.2, 0.25) is 0 Å². The second-order valence-corrected chi connectivity index (χ2v) is 2.30. The van der Waals surface area contributed by atoms with Crippen LogP contribution in [0, 0.1) is 18.3 Å². The summed E-state index contributed by atoms with van der Waals surface area (Å²) in [6, 6.07) is 1.94. The molecule has 0 aliphatic carbocycles. The van der Waals surface area contributed by atoms with Crippen LogP contribution < -0.4 is 0 Å². The van der Waals surface area contributed by atoms with Crippen LogP contribution in [-0.2, 0) is 0 Å². The number of hydrogen-bond acceptors (Lipinski definition) is 3. The average Bonchev–Trinajstić information content (AvgIpc) is 2.36. The average molecular weight is 148 g/mol. The van der Waals surface area contributed by atoms with Crippen molar-refractivity contribution in [1.29, 1.82) is 5.26 Å². The monoisotopic (exact) mass is 148 g/mol.